The van der Waals surface area contributed by atoms with E-state index in [0.717, 1.165) is 29.7 Å². The fourth-order valence-electron chi connectivity index (χ4n) is 4.40. The molecule has 3 unspecified atom stereocenters. The van der Waals surface area contributed by atoms with Crippen LogP contribution in [0.3, 0.4) is 0 Å². The van der Waals surface area contributed by atoms with Gasteiger partial charge in [-0.2, -0.15) is 0 Å². The van der Waals surface area contributed by atoms with Crippen LogP contribution in [0.15, 0.2) is 72.1 Å². The van der Waals surface area contributed by atoms with Gasteiger partial charge in [0, 0.05) is 18.0 Å². The highest BCUT2D eigenvalue weighted by atomic mass is 32.1. The Hall–Kier alpha value is -3.00. The Morgan fingerprint density at radius 3 is 2.36 bits per heavy atom. The summed E-state index contributed by atoms with van der Waals surface area (Å²) in [5.74, 6) is -1.35. The van der Waals surface area contributed by atoms with Crippen molar-refractivity contribution in [2.45, 2.75) is 57.8 Å². The summed E-state index contributed by atoms with van der Waals surface area (Å²) in [7, 11) is 0. The Labute approximate surface area is 217 Å². The van der Waals surface area contributed by atoms with Crippen LogP contribution in [0.2, 0.25) is 0 Å². The van der Waals surface area contributed by atoms with Crippen LogP contribution >= 0.6 is 11.3 Å². The molecule has 0 saturated carbocycles. The second kappa shape index (κ2) is 13.9. The molecule has 0 radical (unpaired) electrons. The quantitative estimate of drug-likeness (QED) is 0.406. The normalized spacial score (nSPS) is 16.6. The maximum Gasteiger partial charge on any atom is 0.255 e. The zero-order chi connectivity index (χ0) is 25.9. The van der Waals surface area contributed by atoms with E-state index in [4.69, 9.17) is 0 Å². The lowest BCUT2D eigenvalue weighted by atomic mass is 10.0. The SMILES string of the molecule is CC.O=C(NCCc1cc(Cc2ccccc2)cs1)C(O)C(O)C(=O)N1CCCC1c1ccccc1. The van der Waals surface area contributed by atoms with Crippen molar-refractivity contribution >= 4 is 23.2 Å². The number of rotatable bonds is 9. The molecule has 2 aromatic carbocycles. The monoisotopic (exact) mass is 508 g/mol. The summed E-state index contributed by atoms with van der Waals surface area (Å²) in [5, 5.41) is 25.5. The average molecular weight is 509 g/mol. The van der Waals surface area contributed by atoms with Crippen molar-refractivity contribution in [2.75, 3.05) is 13.1 Å². The van der Waals surface area contributed by atoms with Gasteiger partial charge in [-0.3, -0.25) is 9.59 Å². The van der Waals surface area contributed by atoms with Crippen LogP contribution < -0.4 is 5.32 Å². The second-order valence-corrected chi connectivity index (χ2v) is 9.61. The third-order valence-electron chi connectivity index (χ3n) is 6.17. The summed E-state index contributed by atoms with van der Waals surface area (Å²) in [6, 6.07) is 21.8. The molecule has 1 aliphatic heterocycles. The molecule has 3 atom stereocenters. The molecule has 3 aromatic rings. The van der Waals surface area contributed by atoms with E-state index in [2.05, 4.69) is 28.9 Å². The minimum Gasteiger partial charge on any atom is -0.380 e. The number of aliphatic hydroxyl groups excluding tert-OH is 2. The van der Waals surface area contributed by atoms with E-state index < -0.39 is 24.0 Å². The summed E-state index contributed by atoms with van der Waals surface area (Å²) in [5.41, 5.74) is 3.45. The lowest BCUT2D eigenvalue weighted by Crippen LogP contribution is -2.50. The van der Waals surface area contributed by atoms with Gasteiger partial charge in [-0.25, -0.2) is 0 Å². The van der Waals surface area contributed by atoms with Gasteiger partial charge >= 0.3 is 0 Å². The topological polar surface area (TPSA) is 89.9 Å². The summed E-state index contributed by atoms with van der Waals surface area (Å²) in [6.45, 7) is 4.81. The molecule has 2 heterocycles. The van der Waals surface area contributed by atoms with Crippen LogP contribution in [0.1, 0.15) is 54.3 Å². The van der Waals surface area contributed by atoms with Gasteiger partial charge in [0.15, 0.2) is 12.2 Å². The van der Waals surface area contributed by atoms with E-state index in [1.165, 1.54) is 11.1 Å². The third kappa shape index (κ3) is 7.26. The maximum absolute atomic E-state index is 12.9. The van der Waals surface area contributed by atoms with Gasteiger partial charge in [0.25, 0.3) is 11.8 Å². The van der Waals surface area contributed by atoms with Gasteiger partial charge in [-0.1, -0.05) is 74.5 Å². The first-order valence-corrected chi connectivity index (χ1v) is 13.5. The van der Waals surface area contributed by atoms with E-state index in [0.29, 0.717) is 19.5 Å². The molecule has 192 valence electrons. The number of hydrogen-bond acceptors (Lipinski definition) is 5. The summed E-state index contributed by atoms with van der Waals surface area (Å²) >= 11 is 1.63. The number of carbonyl (C=O) groups is 2. The number of benzene rings is 2. The fraction of sp³-hybridized carbons (Fsp3) is 0.379. The highest BCUT2D eigenvalue weighted by molar-refractivity contribution is 7.10. The van der Waals surface area contributed by atoms with Crippen molar-refractivity contribution in [2.24, 2.45) is 0 Å². The van der Waals surface area contributed by atoms with Gasteiger partial charge in [-0.05, 0) is 53.8 Å². The number of likely N-dealkylation sites (tertiary alicyclic amines) is 1. The molecule has 7 heteroatoms. The first-order valence-electron chi connectivity index (χ1n) is 12.6. The smallest absolute Gasteiger partial charge is 0.255 e. The predicted molar refractivity (Wildman–Crippen MR) is 144 cm³/mol. The lowest BCUT2D eigenvalue weighted by Gasteiger charge is -2.28. The number of amides is 2. The van der Waals surface area contributed by atoms with E-state index in [1.54, 1.807) is 16.2 Å². The Balaban J connectivity index is 0.00000176. The molecule has 1 aliphatic rings. The average Bonchev–Trinajstić information content (AvgIpc) is 3.59. The van der Waals surface area contributed by atoms with Crippen LogP contribution in [0, 0.1) is 0 Å². The van der Waals surface area contributed by atoms with Crippen molar-refractivity contribution in [3.05, 3.63) is 93.7 Å². The molecular formula is C29H36N2O4S. The Morgan fingerprint density at radius 1 is 1.00 bits per heavy atom. The van der Waals surface area contributed by atoms with Crippen molar-refractivity contribution in [3.8, 4) is 0 Å². The first kappa shape index (κ1) is 27.6. The van der Waals surface area contributed by atoms with Gasteiger partial charge in [0.2, 0.25) is 0 Å². The molecule has 36 heavy (non-hydrogen) atoms. The minimum absolute atomic E-state index is 0.150. The highest BCUT2D eigenvalue weighted by Gasteiger charge is 2.38. The number of hydrogen-bond donors (Lipinski definition) is 3. The van der Waals surface area contributed by atoms with Crippen molar-refractivity contribution in [1.82, 2.24) is 10.2 Å². The predicted octanol–water partition coefficient (Wildman–Crippen LogP) is 4.11. The largest absolute Gasteiger partial charge is 0.380 e. The number of aliphatic hydroxyl groups is 2. The fourth-order valence-corrected chi connectivity index (χ4v) is 5.29. The number of carbonyl (C=O) groups excluding carboxylic acids is 2. The molecule has 6 nitrogen and oxygen atoms in total. The number of nitrogens with zero attached hydrogens (tertiary/aromatic N) is 1. The molecule has 1 aromatic heterocycles. The molecule has 3 N–H and O–H groups in total. The first-order chi connectivity index (χ1) is 17.5. The Kier molecular flexibility index (Phi) is 10.7. The van der Waals surface area contributed by atoms with Crippen LogP contribution in [0.4, 0.5) is 0 Å². The molecule has 1 fully saturated rings. The Bertz CT molecular complexity index is 1090. The van der Waals surface area contributed by atoms with E-state index >= 15 is 0 Å². The zero-order valence-corrected chi connectivity index (χ0v) is 21.8. The standard InChI is InChI=1S/C27H30N2O4S.C2H6/c30-24(25(31)27(33)29-15-7-12-23(29)21-10-5-2-6-11-21)26(32)28-14-13-22-17-20(18-34-22)16-19-8-3-1-4-9-19;1-2/h1-6,8-11,17-18,23-25,30-31H,7,12-16H2,(H,28,32);1-2H3. The van der Waals surface area contributed by atoms with Crippen molar-refractivity contribution in [3.63, 3.8) is 0 Å². The second-order valence-electron chi connectivity index (χ2n) is 8.61. The number of thiophene rings is 1. The summed E-state index contributed by atoms with van der Waals surface area (Å²) in [4.78, 5) is 28.0. The van der Waals surface area contributed by atoms with Gasteiger partial charge < -0.3 is 20.4 Å². The summed E-state index contributed by atoms with van der Waals surface area (Å²) in [6.07, 6.45) is -0.517. The molecule has 0 bridgehead atoms. The molecule has 0 aliphatic carbocycles. The number of nitrogens with one attached hydrogen (secondary N) is 1. The van der Waals surface area contributed by atoms with E-state index in [-0.39, 0.29) is 6.04 Å². The van der Waals surface area contributed by atoms with Crippen LogP contribution in [-0.4, -0.2) is 52.2 Å². The Morgan fingerprint density at radius 2 is 1.67 bits per heavy atom. The molecule has 4 rings (SSSR count). The van der Waals surface area contributed by atoms with Gasteiger partial charge in [0.05, 0.1) is 6.04 Å². The summed E-state index contributed by atoms with van der Waals surface area (Å²) < 4.78 is 0. The molecule has 1 saturated heterocycles. The van der Waals surface area contributed by atoms with E-state index in [1.807, 2.05) is 62.4 Å². The van der Waals surface area contributed by atoms with Crippen molar-refractivity contribution < 1.29 is 19.8 Å². The third-order valence-corrected chi connectivity index (χ3v) is 7.22. The van der Waals surface area contributed by atoms with Crippen LogP contribution in [0.25, 0.3) is 0 Å². The molecule has 2 amide bonds. The highest BCUT2D eigenvalue weighted by Crippen LogP contribution is 2.32. The van der Waals surface area contributed by atoms with Gasteiger partial charge in [0.1, 0.15) is 0 Å². The van der Waals surface area contributed by atoms with E-state index in [9.17, 15) is 19.8 Å². The van der Waals surface area contributed by atoms with Crippen LogP contribution in [-0.2, 0) is 22.4 Å². The molecular weight excluding hydrogens is 472 g/mol. The van der Waals surface area contributed by atoms with Crippen molar-refractivity contribution in [1.29, 1.82) is 0 Å². The zero-order valence-electron chi connectivity index (χ0n) is 21.0. The lowest BCUT2D eigenvalue weighted by molar-refractivity contribution is -0.153. The molecule has 0 spiro atoms. The van der Waals surface area contributed by atoms with Gasteiger partial charge in [-0.15, -0.1) is 11.3 Å². The van der Waals surface area contributed by atoms with Crippen LogP contribution in [0.5, 0.6) is 0 Å². The minimum atomic E-state index is -1.80. The maximum atomic E-state index is 12.9.